The van der Waals surface area contributed by atoms with Crippen molar-refractivity contribution < 1.29 is 4.79 Å². The first kappa shape index (κ1) is 18.6. The summed E-state index contributed by atoms with van der Waals surface area (Å²) in [7, 11) is 0. The fraction of sp³-hybridized carbons (Fsp3) is 0.526. The van der Waals surface area contributed by atoms with Gasteiger partial charge in [-0.05, 0) is 55.9 Å². The van der Waals surface area contributed by atoms with Gasteiger partial charge in [0.05, 0.1) is 5.75 Å². The third kappa shape index (κ3) is 3.94. The molecule has 1 aliphatic heterocycles. The van der Waals surface area contributed by atoms with Crippen LogP contribution in [0.2, 0.25) is 5.02 Å². The van der Waals surface area contributed by atoms with E-state index in [4.69, 9.17) is 17.4 Å². The van der Waals surface area contributed by atoms with Gasteiger partial charge in [0.15, 0.2) is 5.82 Å². The maximum atomic E-state index is 12.8. The molecular weight excluding hydrogens is 382 g/mol. The van der Waals surface area contributed by atoms with Crippen LogP contribution in [0.4, 0.5) is 0 Å². The zero-order valence-corrected chi connectivity index (χ0v) is 16.8. The lowest BCUT2D eigenvalue weighted by molar-refractivity contribution is -0.134. The van der Waals surface area contributed by atoms with Crippen LogP contribution in [-0.4, -0.2) is 44.0 Å². The molecule has 2 N–H and O–H groups in total. The maximum absolute atomic E-state index is 12.8. The van der Waals surface area contributed by atoms with Gasteiger partial charge < -0.3 is 10.7 Å². The van der Waals surface area contributed by atoms with Gasteiger partial charge in [0.1, 0.15) is 0 Å². The van der Waals surface area contributed by atoms with E-state index in [1.54, 1.807) is 12.1 Å². The molecule has 6 nitrogen and oxygen atoms in total. The number of thioether (sulfide) groups is 1. The molecule has 4 rings (SSSR count). The Hall–Kier alpha value is -1.73. The number of nitrogen functional groups attached to an aromatic ring is 1. The third-order valence-corrected chi connectivity index (χ3v) is 6.84. The highest BCUT2D eigenvalue weighted by Gasteiger charge is 2.35. The zero-order chi connectivity index (χ0) is 18.8. The molecule has 1 saturated heterocycles. The molecule has 1 aromatic heterocycles. The summed E-state index contributed by atoms with van der Waals surface area (Å²) >= 11 is 7.28. The topological polar surface area (TPSA) is 77.0 Å². The van der Waals surface area contributed by atoms with Crippen molar-refractivity contribution in [1.82, 2.24) is 19.8 Å². The number of halogens is 1. The van der Waals surface area contributed by atoms with Gasteiger partial charge in [0.2, 0.25) is 11.1 Å². The van der Waals surface area contributed by atoms with E-state index in [0.717, 1.165) is 24.9 Å². The van der Waals surface area contributed by atoms with Gasteiger partial charge >= 0.3 is 0 Å². The van der Waals surface area contributed by atoms with E-state index in [-0.39, 0.29) is 5.91 Å². The molecule has 0 bridgehead atoms. The summed E-state index contributed by atoms with van der Waals surface area (Å²) < 4.78 is 1.45. The van der Waals surface area contributed by atoms with Crippen molar-refractivity contribution in [1.29, 1.82) is 0 Å². The van der Waals surface area contributed by atoms with E-state index in [1.807, 2.05) is 12.1 Å². The molecule has 1 aliphatic carbocycles. The number of carbonyl (C=O) groups is 1. The van der Waals surface area contributed by atoms with Crippen LogP contribution in [0.3, 0.4) is 0 Å². The minimum absolute atomic E-state index is 0.188. The van der Waals surface area contributed by atoms with Crippen LogP contribution in [0.15, 0.2) is 29.4 Å². The fourth-order valence-corrected chi connectivity index (χ4v) is 5.18. The lowest BCUT2D eigenvalue weighted by Crippen LogP contribution is -2.50. The molecule has 0 unspecified atom stereocenters. The highest BCUT2D eigenvalue weighted by Crippen LogP contribution is 2.35. The number of nitrogens with two attached hydrogens (primary N) is 1. The molecule has 0 radical (unpaired) electrons. The molecule has 2 aliphatic rings. The number of likely N-dealkylation sites (tertiary alicyclic amines) is 1. The number of hydrogen-bond donors (Lipinski definition) is 1. The average molecular weight is 406 g/mol. The molecule has 2 aromatic rings. The van der Waals surface area contributed by atoms with Crippen molar-refractivity contribution in [2.24, 2.45) is 5.92 Å². The number of rotatable bonds is 4. The Kier molecular flexibility index (Phi) is 5.59. The van der Waals surface area contributed by atoms with Crippen molar-refractivity contribution in [3.05, 3.63) is 29.3 Å². The highest BCUT2D eigenvalue weighted by atomic mass is 35.5. The summed E-state index contributed by atoms with van der Waals surface area (Å²) in [5, 5.41) is 9.53. The van der Waals surface area contributed by atoms with Crippen molar-refractivity contribution in [3.63, 3.8) is 0 Å². The Bertz CT molecular complexity index is 807. The van der Waals surface area contributed by atoms with E-state index < -0.39 is 0 Å². The molecule has 2 heterocycles. The number of amides is 1. The van der Waals surface area contributed by atoms with Gasteiger partial charge in [-0.3, -0.25) is 4.79 Å². The monoisotopic (exact) mass is 405 g/mol. The summed E-state index contributed by atoms with van der Waals surface area (Å²) in [5.41, 5.74) is 0.841. The lowest BCUT2D eigenvalue weighted by atomic mass is 9.78. The average Bonchev–Trinajstić information content (AvgIpc) is 3.07. The normalized spacial score (nSPS) is 22.5. The first-order valence-corrected chi connectivity index (χ1v) is 10.9. The summed E-state index contributed by atoms with van der Waals surface area (Å²) in [4.78, 5) is 15.0. The van der Waals surface area contributed by atoms with Gasteiger partial charge in [-0.2, -0.15) is 0 Å². The third-order valence-electron chi connectivity index (χ3n) is 5.66. The molecule has 27 heavy (non-hydrogen) atoms. The SMILES string of the molecule is Nn1c(SCC(=O)N2CCC[C@H]3CCCC[C@H]32)nnc1-c1ccc(Cl)cc1. The number of fused-ring (bicyclic) bond motifs is 1. The number of hydrogen-bond acceptors (Lipinski definition) is 5. The lowest BCUT2D eigenvalue weighted by Gasteiger charge is -2.44. The van der Waals surface area contributed by atoms with E-state index in [2.05, 4.69) is 15.1 Å². The van der Waals surface area contributed by atoms with Gasteiger partial charge in [-0.15, -0.1) is 10.2 Å². The highest BCUT2D eigenvalue weighted by molar-refractivity contribution is 7.99. The number of benzene rings is 1. The predicted molar refractivity (Wildman–Crippen MR) is 108 cm³/mol. The second kappa shape index (κ2) is 8.10. The molecule has 1 amide bonds. The Balaban J connectivity index is 1.41. The van der Waals surface area contributed by atoms with Crippen LogP contribution < -0.4 is 5.84 Å². The number of nitrogens with zero attached hydrogens (tertiary/aromatic N) is 4. The van der Waals surface area contributed by atoms with E-state index in [9.17, 15) is 4.79 Å². The van der Waals surface area contributed by atoms with Crippen molar-refractivity contribution >= 4 is 29.3 Å². The minimum atomic E-state index is 0.188. The summed E-state index contributed by atoms with van der Waals surface area (Å²) in [5.74, 6) is 7.94. The molecule has 1 aromatic carbocycles. The van der Waals surface area contributed by atoms with Crippen LogP contribution in [-0.2, 0) is 4.79 Å². The molecule has 0 spiro atoms. The predicted octanol–water partition coefficient (Wildman–Crippen LogP) is 3.59. The first-order valence-electron chi connectivity index (χ1n) is 9.52. The standard InChI is InChI=1S/C19H24ClN5OS/c20-15-9-7-14(8-10-15)18-22-23-19(25(18)21)27-12-17(26)24-11-3-5-13-4-1-2-6-16(13)24/h7-10,13,16H,1-6,11-12,21H2/t13-,16-/m1/s1. The fourth-order valence-electron chi connectivity index (χ4n) is 4.31. The van der Waals surface area contributed by atoms with Crippen LogP contribution >= 0.6 is 23.4 Å². The van der Waals surface area contributed by atoms with E-state index in [0.29, 0.717) is 33.7 Å². The Labute approximate surface area is 168 Å². The van der Waals surface area contributed by atoms with E-state index >= 15 is 0 Å². The van der Waals surface area contributed by atoms with Crippen LogP contribution in [0.25, 0.3) is 11.4 Å². The molecule has 2 fully saturated rings. The molecule has 1 saturated carbocycles. The van der Waals surface area contributed by atoms with Gasteiger partial charge in [-0.25, -0.2) is 4.68 Å². The summed E-state index contributed by atoms with van der Waals surface area (Å²) in [6.07, 6.45) is 7.34. The quantitative estimate of drug-likeness (QED) is 0.621. The molecule has 144 valence electrons. The second-order valence-corrected chi connectivity index (χ2v) is 8.69. The Morgan fingerprint density at radius 2 is 1.89 bits per heavy atom. The number of carbonyl (C=O) groups excluding carboxylic acids is 1. The van der Waals surface area contributed by atoms with Crippen molar-refractivity contribution in [2.45, 2.75) is 49.7 Å². The van der Waals surface area contributed by atoms with E-state index in [1.165, 1.54) is 42.1 Å². The smallest absolute Gasteiger partial charge is 0.233 e. The zero-order valence-electron chi connectivity index (χ0n) is 15.2. The largest absolute Gasteiger partial charge is 0.339 e. The van der Waals surface area contributed by atoms with Crippen LogP contribution in [0.5, 0.6) is 0 Å². The van der Waals surface area contributed by atoms with Crippen molar-refractivity contribution in [2.75, 3.05) is 18.1 Å². The maximum Gasteiger partial charge on any atom is 0.233 e. The number of piperidine rings is 1. The van der Waals surface area contributed by atoms with Crippen molar-refractivity contribution in [3.8, 4) is 11.4 Å². The van der Waals surface area contributed by atoms with Gasteiger partial charge in [0.25, 0.3) is 0 Å². The molecular formula is C19H24ClN5OS. The van der Waals surface area contributed by atoms with Gasteiger partial charge in [0, 0.05) is 23.2 Å². The van der Waals surface area contributed by atoms with Crippen LogP contribution in [0.1, 0.15) is 38.5 Å². The first-order chi connectivity index (χ1) is 13.1. The second-order valence-electron chi connectivity index (χ2n) is 7.31. The Morgan fingerprint density at radius 1 is 1.15 bits per heavy atom. The summed E-state index contributed by atoms with van der Waals surface area (Å²) in [6, 6.07) is 7.72. The Morgan fingerprint density at radius 3 is 2.70 bits per heavy atom. The molecule has 2 atom stereocenters. The number of aromatic nitrogens is 3. The van der Waals surface area contributed by atoms with Gasteiger partial charge in [-0.1, -0.05) is 36.2 Å². The summed E-state index contributed by atoms with van der Waals surface area (Å²) in [6.45, 7) is 0.881. The molecule has 8 heteroatoms. The minimum Gasteiger partial charge on any atom is -0.339 e. The van der Waals surface area contributed by atoms with Crippen LogP contribution in [0, 0.1) is 5.92 Å².